The summed E-state index contributed by atoms with van der Waals surface area (Å²) >= 11 is 1.75. The molecule has 0 aliphatic rings. The van der Waals surface area contributed by atoms with E-state index in [9.17, 15) is 0 Å². The third kappa shape index (κ3) is 5.35. The van der Waals surface area contributed by atoms with Crippen LogP contribution in [-0.4, -0.2) is 38.8 Å². The molecular formula is C18H26N4O2S. The second kappa shape index (κ2) is 9.27. The number of methoxy groups -OCH3 is 2. The quantitative estimate of drug-likeness (QED) is 0.585. The van der Waals surface area contributed by atoms with Crippen LogP contribution in [0.5, 0.6) is 11.5 Å². The van der Waals surface area contributed by atoms with E-state index >= 15 is 0 Å². The Morgan fingerprint density at radius 1 is 1.16 bits per heavy atom. The highest BCUT2D eigenvalue weighted by atomic mass is 32.1. The van der Waals surface area contributed by atoms with Crippen LogP contribution in [0.1, 0.15) is 21.1 Å². The predicted octanol–water partition coefficient (Wildman–Crippen LogP) is 2.68. The van der Waals surface area contributed by atoms with Gasteiger partial charge in [0.2, 0.25) is 0 Å². The molecule has 0 saturated heterocycles. The molecule has 0 unspecified atom stereocenters. The Hall–Kier alpha value is -2.28. The van der Waals surface area contributed by atoms with E-state index in [0.29, 0.717) is 6.54 Å². The zero-order chi connectivity index (χ0) is 18.2. The molecule has 2 rings (SSSR count). The molecule has 7 heteroatoms. The lowest BCUT2D eigenvalue weighted by atomic mass is 10.2. The lowest BCUT2D eigenvalue weighted by Gasteiger charge is -2.13. The summed E-state index contributed by atoms with van der Waals surface area (Å²) in [4.78, 5) is 10.1. The molecule has 0 bridgehead atoms. The molecule has 0 aliphatic heterocycles. The van der Waals surface area contributed by atoms with Crippen molar-refractivity contribution in [2.75, 3.05) is 27.8 Å². The number of aliphatic imine (C=N–C) groups is 1. The van der Waals surface area contributed by atoms with Gasteiger partial charge in [-0.2, -0.15) is 0 Å². The van der Waals surface area contributed by atoms with E-state index in [1.165, 1.54) is 4.88 Å². The molecular weight excluding hydrogens is 336 g/mol. The third-order valence-electron chi connectivity index (χ3n) is 3.84. The summed E-state index contributed by atoms with van der Waals surface area (Å²) in [7, 11) is 5.03. The third-order valence-corrected chi connectivity index (χ3v) is 4.97. The number of hydrogen-bond acceptors (Lipinski definition) is 5. The van der Waals surface area contributed by atoms with Crippen LogP contribution in [0.15, 0.2) is 23.2 Å². The van der Waals surface area contributed by atoms with Gasteiger partial charge in [0.05, 0.1) is 24.9 Å². The first-order chi connectivity index (χ1) is 12.1. The standard InChI is InChI=1S/C18H26N4O2S/c1-12-13(2)25-17(22-12)8-9-20-18(19-3)21-11-14-6-7-15(23-4)16(10-14)24-5/h6-7,10H,8-9,11H2,1-5H3,(H2,19,20,21). The summed E-state index contributed by atoms with van der Waals surface area (Å²) < 4.78 is 10.6. The van der Waals surface area contributed by atoms with Crippen molar-refractivity contribution in [2.45, 2.75) is 26.8 Å². The maximum absolute atomic E-state index is 5.33. The van der Waals surface area contributed by atoms with E-state index in [-0.39, 0.29) is 0 Å². The number of aromatic nitrogens is 1. The number of rotatable bonds is 7. The second-order valence-electron chi connectivity index (χ2n) is 5.54. The Balaban J connectivity index is 1.84. The van der Waals surface area contributed by atoms with E-state index in [1.807, 2.05) is 25.1 Å². The molecule has 2 aromatic rings. The number of benzene rings is 1. The first-order valence-electron chi connectivity index (χ1n) is 8.15. The zero-order valence-electron chi connectivity index (χ0n) is 15.5. The number of nitrogens with one attached hydrogen (secondary N) is 2. The fourth-order valence-corrected chi connectivity index (χ4v) is 3.26. The smallest absolute Gasteiger partial charge is 0.191 e. The Morgan fingerprint density at radius 2 is 1.92 bits per heavy atom. The van der Waals surface area contributed by atoms with Crippen molar-refractivity contribution in [1.29, 1.82) is 0 Å². The van der Waals surface area contributed by atoms with Gasteiger partial charge in [-0.3, -0.25) is 4.99 Å². The number of ether oxygens (including phenoxy) is 2. The van der Waals surface area contributed by atoms with Crippen LogP contribution in [0.25, 0.3) is 0 Å². The molecule has 0 saturated carbocycles. The molecule has 0 spiro atoms. The monoisotopic (exact) mass is 362 g/mol. The molecule has 0 amide bonds. The van der Waals surface area contributed by atoms with Crippen LogP contribution in [0.3, 0.4) is 0 Å². The fourth-order valence-electron chi connectivity index (χ4n) is 2.33. The van der Waals surface area contributed by atoms with Gasteiger partial charge >= 0.3 is 0 Å². The van der Waals surface area contributed by atoms with Crippen LogP contribution in [0, 0.1) is 13.8 Å². The lowest BCUT2D eigenvalue weighted by Crippen LogP contribution is -2.37. The minimum absolute atomic E-state index is 0.648. The maximum Gasteiger partial charge on any atom is 0.191 e. The van der Waals surface area contributed by atoms with Crippen molar-refractivity contribution in [3.63, 3.8) is 0 Å². The molecule has 1 aromatic carbocycles. The molecule has 25 heavy (non-hydrogen) atoms. The molecule has 0 aliphatic carbocycles. The van der Waals surface area contributed by atoms with Gasteiger partial charge in [0.25, 0.3) is 0 Å². The van der Waals surface area contributed by atoms with Crippen molar-refractivity contribution >= 4 is 17.3 Å². The van der Waals surface area contributed by atoms with Crippen LogP contribution in [0.4, 0.5) is 0 Å². The number of thiazole rings is 1. The van der Waals surface area contributed by atoms with Gasteiger partial charge in [-0.25, -0.2) is 4.98 Å². The Morgan fingerprint density at radius 3 is 2.52 bits per heavy atom. The SMILES string of the molecule is CN=C(NCCc1nc(C)c(C)s1)NCc1ccc(OC)c(OC)c1. The number of nitrogens with zero attached hydrogens (tertiary/aromatic N) is 2. The summed E-state index contributed by atoms with van der Waals surface area (Å²) in [6.45, 7) is 5.59. The van der Waals surface area contributed by atoms with E-state index in [0.717, 1.165) is 46.7 Å². The number of aryl methyl sites for hydroxylation is 2. The van der Waals surface area contributed by atoms with Gasteiger partial charge in [0.15, 0.2) is 17.5 Å². The van der Waals surface area contributed by atoms with Crippen molar-refractivity contribution in [1.82, 2.24) is 15.6 Å². The van der Waals surface area contributed by atoms with E-state index in [2.05, 4.69) is 27.5 Å². The molecule has 136 valence electrons. The van der Waals surface area contributed by atoms with Crippen LogP contribution in [0.2, 0.25) is 0 Å². The number of hydrogen-bond donors (Lipinski definition) is 2. The average molecular weight is 362 g/mol. The van der Waals surface area contributed by atoms with Gasteiger partial charge < -0.3 is 20.1 Å². The second-order valence-corrected chi connectivity index (χ2v) is 6.83. The molecule has 1 heterocycles. The highest BCUT2D eigenvalue weighted by molar-refractivity contribution is 7.11. The number of guanidine groups is 1. The van der Waals surface area contributed by atoms with E-state index < -0.39 is 0 Å². The first-order valence-corrected chi connectivity index (χ1v) is 8.97. The molecule has 2 N–H and O–H groups in total. The fraction of sp³-hybridized carbons (Fsp3) is 0.444. The molecule has 0 fully saturated rings. The summed E-state index contributed by atoms with van der Waals surface area (Å²) in [6.07, 6.45) is 0.885. The topological polar surface area (TPSA) is 67.8 Å². The van der Waals surface area contributed by atoms with Gasteiger partial charge in [0, 0.05) is 31.4 Å². The normalized spacial score (nSPS) is 11.3. The van der Waals surface area contributed by atoms with Crippen molar-refractivity contribution in [3.05, 3.63) is 39.3 Å². The summed E-state index contributed by atoms with van der Waals surface area (Å²) in [5.74, 6) is 2.21. The van der Waals surface area contributed by atoms with Crippen molar-refractivity contribution in [3.8, 4) is 11.5 Å². The predicted molar refractivity (Wildman–Crippen MR) is 103 cm³/mol. The van der Waals surface area contributed by atoms with Crippen LogP contribution in [-0.2, 0) is 13.0 Å². The van der Waals surface area contributed by atoms with Crippen LogP contribution < -0.4 is 20.1 Å². The molecule has 6 nitrogen and oxygen atoms in total. The van der Waals surface area contributed by atoms with Gasteiger partial charge in [0.1, 0.15) is 0 Å². The highest BCUT2D eigenvalue weighted by Crippen LogP contribution is 2.27. The summed E-state index contributed by atoms with van der Waals surface area (Å²) in [5.41, 5.74) is 2.21. The summed E-state index contributed by atoms with van der Waals surface area (Å²) in [6, 6.07) is 5.86. The zero-order valence-corrected chi connectivity index (χ0v) is 16.3. The maximum atomic E-state index is 5.33. The van der Waals surface area contributed by atoms with E-state index in [4.69, 9.17) is 9.47 Å². The van der Waals surface area contributed by atoms with Gasteiger partial charge in [-0.15, -0.1) is 11.3 Å². The Bertz CT molecular complexity index is 708. The highest BCUT2D eigenvalue weighted by Gasteiger charge is 2.06. The minimum atomic E-state index is 0.648. The van der Waals surface area contributed by atoms with Gasteiger partial charge in [-0.05, 0) is 31.5 Å². The summed E-state index contributed by atoms with van der Waals surface area (Å²) in [5, 5.41) is 7.77. The average Bonchev–Trinajstić information content (AvgIpc) is 2.95. The van der Waals surface area contributed by atoms with Gasteiger partial charge in [-0.1, -0.05) is 6.07 Å². The van der Waals surface area contributed by atoms with Crippen molar-refractivity contribution < 1.29 is 9.47 Å². The van der Waals surface area contributed by atoms with E-state index in [1.54, 1.807) is 32.6 Å². The largest absolute Gasteiger partial charge is 0.493 e. The van der Waals surface area contributed by atoms with Crippen molar-refractivity contribution in [2.24, 2.45) is 4.99 Å². The Labute approximate surface area is 153 Å². The molecule has 0 radical (unpaired) electrons. The molecule has 0 atom stereocenters. The molecule has 1 aromatic heterocycles. The van der Waals surface area contributed by atoms with Crippen LogP contribution >= 0.6 is 11.3 Å². The Kier molecular flexibility index (Phi) is 7.06. The lowest BCUT2D eigenvalue weighted by molar-refractivity contribution is 0.354. The minimum Gasteiger partial charge on any atom is -0.493 e. The first kappa shape index (κ1) is 19.1.